The van der Waals surface area contributed by atoms with Crippen molar-refractivity contribution >= 4 is 12.0 Å². The highest BCUT2D eigenvalue weighted by Gasteiger charge is 2.52. The first kappa shape index (κ1) is 22.1. The summed E-state index contributed by atoms with van der Waals surface area (Å²) in [5.41, 5.74) is 1.33. The van der Waals surface area contributed by atoms with Gasteiger partial charge in [-0.3, -0.25) is 4.79 Å². The molecule has 0 saturated carbocycles. The second-order valence-electron chi connectivity index (χ2n) is 8.43. The molecule has 2 fully saturated rings. The fourth-order valence-corrected chi connectivity index (χ4v) is 4.70. The van der Waals surface area contributed by atoms with Crippen LogP contribution in [0.15, 0.2) is 54.6 Å². The molecule has 2 unspecified atom stereocenters. The highest BCUT2D eigenvalue weighted by atomic mass is 16.6. The first-order chi connectivity index (χ1) is 15.5. The van der Waals surface area contributed by atoms with Crippen molar-refractivity contribution in [2.24, 2.45) is 5.92 Å². The Labute approximate surface area is 188 Å². The molecule has 2 aliphatic heterocycles. The van der Waals surface area contributed by atoms with E-state index in [1.54, 1.807) is 19.1 Å². The first-order valence-electron chi connectivity index (χ1n) is 11.0. The molecule has 2 aromatic carbocycles. The van der Waals surface area contributed by atoms with Gasteiger partial charge in [-0.25, -0.2) is 4.79 Å². The second-order valence-corrected chi connectivity index (χ2v) is 8.43. The van der Waals surface area contributed by atoms with Crippen LogP contribution in [0.5, 0.6) is 5.75 Å². The predicted molar refractivity (Wildman–Crippen MR) is 119 cm³/mol. The Morgan fingerprint density at radius 3 is 2.47 bits per heavy atom. The molecule has 2 atom stereocenters. The summed E-state index contributed by atoms with van der Waals surface area (Å²) in [5, 5.41) is 0. The van der Waals surface area contributed by atoms with Crippen LogP contribution in [0.25, 0.3) is 0 Å². The lowest BCUT2D eigenvalue weighted by atomic mass is 9.85. The van der Waals surface area contributed by atoms with E-state index < -0.39 is 5.60 Å². The van der Waals surface area contributed by atoms with Gasteiger partial charge >= 0.3 is 6.09 Å². The predicted octanol–water partition coefficient (Wildman–Crippen LogP) is 3.47. The average Bonchev–Trinajstić information content (AvgIpc) is 3.43. The van der Waals surface area contributed by atoms with Crippen LogP contribution in [0.4, 0.5) is 4.79 Å². The SMILES string of the molecule is COc1ccc(CN2CCC(C3(OC)CCN(C(=O)OCc4ccccc4)C3)C2=O)cc1. The minimum Gasteiger partial charge on any atom is -0.497 e. The summed E-state index contributed by atoms with van der Waals surface area (Å²) >= 11 is 0. The van der Waals surface area contributed by atoms with E-state index in [2.05, 4.69) is 0 Å². The van der Waals surface area contributed by atoms with Gasteiger partial charge in [-0.2, -0.15) is 0 Å². The molecule has 0 aliphatic carbocycles. The van der Waals surface area contributed by atoms with Crippen LogP contribution in [0, 0.1) is 5.92 Å². The molecule has 2 aromatic rings. The lowest BCUT2D eigenvalue weighted by Crippen LogP contribution is -2.47. The molecule has 2 heterocycles. The van der Waals surface area contributed by atoms with Gasteiger partial charge in [0, 0.05) is 26.7 Å². The number of rotatable bonds is 7. The van der Waals surface area contributed by atoms with E-state index in [1.165, 1.54) is 0 Å². The van der Waals surface area contributed by atoms with Crippen molar-refractivity contribution in [3.63, 3.8) is 0 Å². The maximum atomic E-state index is 13.3. The second kappa shape index (κ2) is 9.61. The van der Waals surface area contributed by atoms with Gasteiger partial charge in [0.05, 0.1) is 25.2 Å². The Kier molecular flexibility index (Phi) is 6.65. The first-order valence-corrected chi connectivity index (χ1v) is 11.0. The molecule has 0 spiro atoms. The van der Waals surface area contributed by atoms with Gasteiger partial charge in [0.1, 0.15) is 12.4 Å². The number of hydrogen-bond donors (Lipinski definition) is 0. The van der Waals surface area contributed by atoms with Crippen molar-refractivity contribution in [2.75, 3.05) is 33.9 Å². The zero-order valence-corrected chi connectivity index (χ0v) is 18.7. The summed E-state index contributed by atoms with van der Waals surface area (Å²) in [6.07, 6.45) is 0.972. The van der Waals surface area contributed by atoms with E-state index >= 15 is 0 Å². The Balaban J connectivity index is 1.36. The molecule has 7 nitrogen and oxygen atoms in total. The molecule has 2 amide bonds. The number of amides is 2. The third-order valence-electron chi connectivity index (χ3n) is 6.60. The monoisotopic (exact) mass is 438 g/mol. The third kappa shape index (κ3) is 4.58. The molecule has 2 aliphatic rings. The Bertz CT molecular complexity index is 933. The number of nitrogens with zero attached hydrogens (tertiary/aromatic N) is 2. The lowest BCUT2D eigenvalue weighted by molar-refractivity contribution is -0.141. The summed E-state index contributed by atoms with van der Waals surface area (Å²) in [5.74, 6) is 0.614. The minimum atomic E-state index is -0.669. The van der Waals surface area contributed by atoms with Crippen LogP contribution in [0.1, 0.15) is 24.0 Å². The molecule has 0 N–H and O–H groups in total. The number of carbonyl (C=O) groups is 2. The maximum absolute atomic E-state index is 13.3. The van der Waals surface area contributed by atoms with Crippen LogP contribution in [0.3, 0.4) is 0 Å². The van der Waals surface area contributed by atoms with Gasteiger partial charge in [0.15, 0.2) is 0 Å². The zero-order valence-electron chi connectivity index (χ0n) is 18.7. The maximum Gasteiger partial charge on any atom is 0.410 e. The zero-order chi connectivity index (χ0) is 22.6. The number of methoxy groups -OCH3 is 2. The van der Waals surface area contributed by atoms with Gasteiger partial charge < -0.3 is 24.0 Å². The Hall–Kier alpha value is -3.06. The summed E-state index contributed by atoms with van der Waals surface area (Å²) in [7, 11) is 3.27. The highest BCUT2D eigenvalue weighted by Crippen LogP contribution is 2.39. The van der Waals surface area contributed by atoms with Gasteiger partial charge in [-0.1, -0.05) is 42.5 Å². The van der Waals surface area contributed by atoms with Gasteiger partial charge in [0.25, 0.3) is 0 Å². The summed E-state index contributed by atoms with van der Waals surface area (Å²) < 4.78 is 16.6. The Morgan fingerprint density at radius 2 is 1.78 bits per heavy atom. The summed E-state index contributed by atoms with van der Waals surface area (Å²) in [6.45, 7) is 2.35. The number of carbonyl (C=O) groups excluding carboxylic acids is 2. The van der Waals surface area contributed by atoms with Crippen molar-refractivity contribution in [2.45, 2.75) is 31.6 Å². The molecule has 0 bridgehead atoms. The molecule has 0 radical (unpaired) electrons. The van der Waals surface area contributed by atoms with Gasteiger partial charge in [0.2, 0.25) is 5.91 Å². The highest BCUT2D eigenvalue weighted by molar-refractivity contribution is 5.82. The molecule has 0 aromatic heterocycles. The third-order valence-corrected chi connectivity index (χ3v) is 6.60. The summed E-state index contributed by atoms with van der Waals surface area (Å²) in [6, 6.07) is 17.4. The topological polar surface area (TPSA) is 68.3 Å². The van der Waals surface area contributed by atoms with E-state index in [4.69, 9.17) is 14.2 Å². The molecular formula is C25H30N2O5. The molecule has 32 heavy (non-hydrogen) atoms. The van der Waals surface area contributed by atoms with Gasteiger partial charge in [-0.15, -0.1) is 0 Å². The van der Waals surface area contributed by atoms with Crippen LogP contribution in [-0.4, -0.2) is 61.3 Å². The standard InChI is InChI=1S/C25H30N2O5/c1-30-21-10-8-19(9-11-21)16-26-14-12-22(23(26)28)25(31-2)13-15-27(18-25)24(29)32-17-20-6-4-3-5-7-20/h3-11,22H,12-18H2,1-2H3. The number of ether oxygens (including phenoxy) is 3. The van der Waals surface area contributed by atoms with Crippen LogP contribution in [0.2, 0.25) is 0 Å². The number of benzene rings is 2. The largest absolute Gasteiger partial charge is 0.497 e. The van der Waals surface area contributed by atoms with Gasteiger partial charge in [-0.05, 0) is 36.1 Å². The van der Waals surface area contributed by atoms with Crippen LogP contribution >= 0.6 is 0 Å². The van der Waals surface area contributed by atoms with Crippen molar-refractivity contribution in [1.29, 1.82) is 0 Å². The fraction of sp³-hybridized carbons (Fsp3) is 0.440. The van der Waals surface area contributed by atoms with E-state index in [0.29, 0.717) is 32.6 Å². The van der Waals surface area contributed by atoms with Crippen molar-refractivity contribution in [1.82, 2.24) is 9.80 Å². The molecular weight excluding hydrogens is 408 g/mol. The van der Waals surface area contributed by atoms with Crippen molar-refractivity contribution in [3.8, 4) is 5.75 Å². The van der Waals surface area contributed by atoms with E-state index in [1.807, 2.05) is 59.5 Å². The van der Waals surface area contributed by atoms with E-state index in [9.17, 15) is 9.59 Å². The van der Waals surface area contributed by atoms with E-state index in [-0.39, 0.29) is 24.5 Å². The normalized spacial score (nSPS) is 22.9. The quantitative estimate of drug-likeness (QED) is 0.662. The minimum absolute atomic E-state index is 0.0853. The molecule has 170 valence electrons. The Morgan fingerprint density at radius 1 is 1.03 bits per heavy atom. The van der Waals surface area contributed by atoms with Crippen molar-refractivity contribution < 1.29 is 23.8 Å². The average molecular weight is 439 g/mol. The summed E-state index contributed by atoms with van der Waals surface area (Å²) in [4.78, 5) is 29.4. The van der Waals surface area contributed by atoms with Crippen LogP contribution < -0.4 is 4.74 Å². The molecule has 7 heteroatoms. The number of likely N-dealkylation sites (tertiary alicyclic amines) is 2. The van der Waals surface area contributed by atoms with Crippen molar-refractivity contribution in [3.05, 3.63) is 65.7 Å². The molecule has 4 rings (SSSR count). The lowest BCUT2D eigenvalue weighted by Gasteiger charge is -2.32. The molecule has 2 saturated heterocycles. The smallest absolute Gasteiger partial charge is 0.410 e. The number of hydrogen-bond acceptors (Lipinski definition) is 5. The van der Waals surface area contributed by atoms with Crippen LogP contribution in [-0.2, 0) is 27.4 Å². The fourth-order valence-electron chi connectivity index (χ4n) is 4.70. The van der Waals surface area contributed by atoms with E-state index in [0.717, 1.165) is 23.3 Å².